The number of aromatic nitrogens is 1. The van der Waals surface area contributed by atoms with Crippen molar-refractivity contribution in [3.8, 4) is 0 Å². The Morgan fingerprint density at radius 1 is 1.59 bits per heavy atom. The minimum atomic E-state index is -4.72. The van der Waals surface area contributed by atoms with E-state index in [0.29, 0.717) is 10.0 Å². The highest BCUT2D eigenvalue weighted by Crippen LogP contribution is 2.36. The Balaban J connectivity index is 2.39. The standard InChI is InChI=1S/C11H11BrFN3O5S/c1-6-8(12)3-14-11(10(6)16(18)19)15-4-7(2-9(15)17)5-22(13,20)21/h3,7H,2,4-5H2,1H3. The summed E-state index contributed by atoms with van der Waals surface area (Å²) in [6.07, 6.45) is 1.13. The van der Waals surface area contributed by atoms with Crippen molar-refractivity contribution < 1.29 is 22.0 Å². The van der Waals surface area contributed by atoms with Crippen LogP contribution in [0, 0.1) is 23.0 Å². The maximum absolute atomic E-state index is 12.7. The molecule has 11 heteroatoms. The quantitative estimate of drug-likeness (QED) is 0.435. The lowest BCUT2D eigenvalue weighted by Crippen LogP contribution is -2.27. The van der Waals surface area contributed by atoms with Crippen LogP contribution in [0.15, 0.2) is 10.7 Å². The van der Waals surface area contributed by atoms with Crippen LogP contribution in [-0.4, -0.2) is 36.5 Å². The van der Waals surface area contributed by atoms with Gasteiger partial charge in [0, 0.05) is 35.1 Å². The van der Waals surface area contributed by atoms with E-state index < -0.39 is 32.7 Å². The summed E-state index contributed by atoms with van der Waals surface area (Å²) in [7, 11) is -4.72. The van der Waals surface area contributed by atoms with Gasteiger partial charge in [-0.1, -0.05) is 0 Å². The predicted molar refractivity (Wildman–Crippen MR) is 78.7 cm³/mol. The summed E-state index contributed by atoms with van der Waals surface area (Å²) in [5, 5.41) is 11.2. The maximum atomic E-state index is 12.7. The van der Waals surface area contributed by atoms with Gasteiger partial charge in [-0.25, -0.2) is 4.98 Å². The van der Waals surface area contributed by atoms with Gasteiger partial charge in [0.25, 0.3) is 0 Å². The SMILES string of the molecule is Cc1c(Br)cnc(N2CC(CS(=O)(=O)F)CC2=O)c1[N+](=O)[O-]. The highest BCUT2D eigenvalue weighted by atomic mass is 79.9. The van der Waals surface area contributed by atoms with Gasteiger partial charge in [-0.3, -0.25) is 19.8 Å². The summed E-state index contributed by atoms with van der Waals surface area (Å²) in [6.45, 7) is 1.37. The molecule has 1 aromatic rings. The molecule has 0 spiro atoms. The zero-order valence-electron chi connectivity index (χ0n) is 11.3. The highest BCUT2D eigenvalue weighted by Gasteiger charge is 2.38. The van der Waals surface area contributed by atoms with E-state index in [9.17, 15) is 27.2 Å². The molecule has 1 amide bonds. The Bertz CT molecular complexity index is 754. The minimum absolute atomic E-state index is 0.128. The summed E-state index contributed by atoms with van der Waals surface area (Å²) in [5.41, 5.74) is -0.0455. The van der Waals surface area contributed by atoms with Crippen molar-refractivity contribution >= 4 is 43.6 Å². The molecule has 0 N–H and O–H groups in total. The third kappa shape index (κ3) is 3.40. The molecule has 1 aliphatic heterocycles. The van der Waals surface area contributed by atoms with Crippen LogP contribution < -0.4 is 4.90 Å². The van der Waals surface area contributed by atoms with E-state index in [1.54, 1.807) is 0 Å². The van der Waals surface area contributed by atoms with E-state index in [1.807, 2.05) is 0 Å². The summed E-state index contributed by atoms with van der Waals surface area (Å²) in [4.78, 5) is 27.5. The minimum Gasteiger partial charge on any atom is -0.291 e. The molecule has 1 fully saturated rings. The van der Waals surface area contributed by atoms with Gasteiger partial charge in [0.2, 0.25) is 11.7 Å². The van der Waals surface area contributed by atoms with E-state index in [1.165, 1.54) is 13.1 Å². The van der Waals surface area contributed by atoms with Gasteiger partial charge in [-0.05, 0) is 22.9 Å². The molecule has 1 aromatic heterocycles. The smallest absolute Gasteiger partial charge is 0.291 e. The second-order valence-electron chi connectivity index (χ2n) is 4.94. The molecule has 1 saturated heterocycles. The molecule has 1 unspecified atom stereocenters. The van der Waals surface area contributed by atoms with Crippen LogP contribution in [0.1, 0.15) is 12.0 Å². The van der Waals surface area contributed by atoms with Crippen LogP contribution in [-0.2, 0) is 15.0 Å². The molecule has 0 saturated carbocycles. The molecule has 22 heavy (non-hydrogen) atoms. The second-order valence-corrected chi connectivity index (χ2v) is 7.21. The van der Waals surface area contributed by atoms with Gasteiger partial charge >= 0.3 is 15.9 Å². The van der Waals surface area contributed by atoms with Crippen LogP contribution in [0.25, 0.3) is 0 Å². The van der Waals surface area contributed by atoms with Crippen LogP contribution in [0.2, 0.25) is 0 Å². The summed E-state index contributed by atoms with van der Waals surface area (Å²) in [5.74, 6) is -2.23. The van der Waals surface area contributed by atoms with Gasteiger partial charge in [0.1, 0.15) is 0 Å². The van der Waals surface area contributed by atoms with Crippen LogP contribution in [0.5, 0.6) is 0 Å². The molecular formula is C11H11BrFN3O5S. The second kappa shape index (κ2) is 5.88. The lowest BCUT2D eigenvalue weighted by atomic mass is 10.1. The summed E-state index contributed by atoms with van der Waals surface area (Å²) in [6, 6.07) is 0. The molecule has 0 aliphatic carbocycles. The zero-order chi connectivity index (χ0) is 16.7. The van der Waals surface area contributed by atoms with E-state index in [-0.39, 0.29) is 24.5 Å². The van der Waals surface area contributed by atoms with Crippen molar-refractivity contribution in [3.63, 3.8) is 0 Å². The number of carbonyl (C=O) groups excluding carboxylic acids is 1. The number of anilines is 1. The first kappa shape index (κ1) is 16.7. The predicted octanol–water partition coefficient (Wildman–Crippen LogP) is 1.71. The number of hydrogen-bond acceptors (Lipinski definition) is 6. The Labute approximate surface area is 133 Å². The average molecular weight is 396 g/mol. The first-order valence-corrected chi connectivity index (χ1v) is 8.47. The van der Waals surface area contributed by atoms with Gasteiger partial charge < -0.3 is 0 Å². The molecule has 1 atom stereocenters. The Hall–Kier alpha value is -1.62. The molecule has 120 valence electrons. The first-order chi connectivity index (χ1) is 10.1. The van der Waals surface area contributed by atoms with Crippen molar-refractivity contribution in [2.45, 2.75) is 13.3 Å². The number of nitrogens with zero attached hydrogens (tertiary/aromatic N) is 3. The monoisotopic (exact) mass is 395 g/mol. The first-order valence-electron chi connectivity index (χ1n) is 6.12. The lowest BCUT2D eigenvalue weighted by molar-refractivity contribution is -0.384. The molecule has 1 aliphatic rings. The van der Waals surface area contributed by atoms with E-state index >= 15 is 0 Å². The van der Waals surface area contributed by atoms with Crippen LogP contribution >= 0.6 is 15.9 Å². The highest BCUT2D eigenvalue weighted by molar-refractivity contribution is 9.10. The molecular weight excluding hydrogens is 385 g/mol. The summed E-state index contributed by atoms with van der Waals surface area (Å²) >= 11 is 3.12. The van der Waals surface area contributed by atoms with Crippen LogP contribution in [0.3, 0.4) is 0 Å². The fraction of sp³-hybridized carbons (Fsp3) is 0.455. The Morgan fingerprint density at radius 2 is 2.23 bits per heavy atom. The zero-order valence-corrected chi connectivity index (χ0v) is 13.7. The number of nitro groups is 1. The van der Waals surface area contributed by atoms with Crippen molar-refractivity contribution in [1.29, 1.82) is 0 Å². The van der Waals surface area contributed by atoms with Gasteiger partial charge in [-0.2, -0.15) is 8.42 Å². The number of halogens is 2. The topological polar surface area (TPSA) is 110 Å². The van der Waals surface area contributed by atoms with Crippen molar-refractivity contribution in [2.24, 2.45) is 5.92 Å². The molecule has 8 nitrogen and oxygen atoms in total. The summed E-state index contributed by atoms with van der Waals surface area (Å²) < 4.78 is 34.5. The van der Waals surface area contributed by atoms with E-state index in [0.717, 1.165) is 4.90 Å². The fourth-order valence-electron chi connectivity index (χ4n) is 2.35. The van der Waals surface area contributed by atoms with Crippen LogP contribution in [0.4, 0.5) is 15.4 Å². The Morgan fingerprint density at radius 3 is 2.77 bits per heavy atom. The van der Waals surface area contributed by atoms with Crippen molar-refractivity contribution in [1.82, 2.24) is 4.98 Å². The number of hydrogen-bond donors (Lipinski definition) is 0. The van der Waals surface area contributed by atoms with Gasteiger partial charge in [0.05, 0.1) is 10.7 Å². The number of pyridine rings is 1. The average Bonchev–Trinajstić information content (AvgIpc) is 2.70. The third-order valence-corrected chi connectivity index (χ3v) is 4.97. The van der Waals surface area contributed by atoms with Gasteiger partial charge in [0.15, 0.2) is 0 Å². The van der Waals surface area contributed by atoms with Crippen molar-refractivity contribution in [3.05, 3.63) is 26.3 Å². The normalized spacial score (nSPS) is 18.8. The Kier molecular flexibility index (Phi) is 4.47. The van der Waals surface area contributed by atoms with E-state index in [4.69, 9.17) is 0 Å². The molecule has 2 heterocycles. The third-order valence-electron chi connectivity index (χ3n) is 3.30. The van der Waals surface area contributed by atoms with Gasteiger partial charge in [-0.15, -0.1) is 3.89 Å². The number of rotatable bonds is 4. The van der Waals surface area contributed by atoms with E-state index in [2.05, 4.69) is 20.9 Å². The maximum Gasteiger partial charge on any atom is 0.316 e. The van der Waals surface area contributed by atoms with Crippen molar-refractivity contribution in [2.75, 3.05) is 17.2 Å². The fourth-order valence-corrected chi connectivity index (χ4v) is 3.43. The number of amides is 1. The molecule has 2 rings (SSSR count). The molecule has 0 radical (unpaired) electrons. The molecule has 0 aromatic carbocycles. The molecule has 0 bridgehead atoms. The largest absolute Gasteiger partial charge is 0.316 e. The number of carbonyl (C=O) groups is 1. The lowest BCUT2D eigenvalue weighted by Gasteiger charge is -2.16.